The van der Waals surface area contributed by atoms with Gasteiger partial charge in [0.05, 0.1) is 0 Å². The van der Waals surface area contributed by atoms with E-state index in [0.717, 1.165) is 24.0 Å². The fraction of sp³-hybridized carbons (Fsp3) is 0.667. The molecule has 3 heteroatoms. The summed E-state index contributed by atoms with van der Waals surface area (Å²) in [5, 5.41) is 4.26. The van der Waals surface area contributed by atoms with Crippen LogP contribution in [0.1, 0.15) is 6.42 Å². The van der Waals surface area contributed by atoms with Gasteiger partial charge in [0, 0.05) is 18.8 Å². The maximum Gasteiger partial charge on any atom is 0.156 e. The van der Waals surface area contributed by atoms with Gasteiger partial charge in [-0.25, -0.2) is 0 Å². The average Bonchev–Trinajstić information content (AvgIpc) is 1.91. The second-order valence-corrected chi connectivity index (χ2v) is 2.90. The minimum absolute atomic E-state index is 0.867. The maximum absolute atomic E-state index is 4.25. The summed E-state index contributed by atoms with van der Waals surface area (Å²) in [4.78, 5) is 4.25. The molecule has 1 aliphatic heterocycles. The van der Waals surface area contributed by atoms with Crippen LogP contribution in [0.2, 0.25) is 0 Å². The summed E-state index contributed by atoms with van der Waals surface area (Å²) in [7, 11) is 0. The number of hydrogen-bond acceptors (Lipinski definition) is 3. The molecule has 0 atom stereocenters. The summed E-state index contributed by atoms with van der Waals surface area (Å²) in [6.07, 6.45) is 1.17. The molecule has 0 amide bonds. The molecule has 1 radical (unpaired) electrons. The molecule has 0 unspecified atom stereocenters. The van der Waals surface area contributed by atoms with Crippen LogP contribution >= 0.6 is 11.8 Å². The lowest BCUT2D eigenvalue weighted by molar-refractivity contribution is 0.751. The Balaban J connectivity index is 2.28. The zero-order chi connectivity index (χ0) is 6.53. The number of nitrogens with zero attached hydrogens (tertiary/aromatic N) is 1. The molecule has 0 spiro atoms. The second-order valence-electron chi connectivity index (χ2n) is 1.82. The van der Waals surface area contributed by atoms with E-state index in [2.05, 4.69) is 17.2 Å². The van der Waals surface area contributed by atoms with Crippen molar-refractivity contribution in [3.05, 3.63) is 6.92 Å². The molecule has 0 aliphatic carbocycles. The molecule has 2 nitrogen and oxygen atoms in total. The van der Waals surface area contributed by atoms with Crippen molar-refractivity contribution in [2.75, 3.05) is 18.8 Å². The van der Waals surface area contributed by atoms with Gasteiger partial charge in [0.15, 0.2) is 5.17 Å². The normalized spacial score (nSPS) is 18.6. The lowest BCUT2D eigenvalue weighted by Crippen LogP contribution is -2.26. The fourth-order valence-electron chi connectivity index (χ4n) is 0.704. The molecule has 0 aromatic rings. The van der Waals surface area contributed by atoms with Crippen LogP contribution < -0.4 is 5.32 Å². The highest BCUT2D eigenvalue weighted by Gasteiger charge is 2.00. The number of aliphatic imine (C=N–C) groups is 1. The third-order valence-electron chi connectivity index (χ3n) is 1.11. The van der Waals surface area contributed by atoms with Crippen molar-refractivity contribution in [3.8, 4) is 0 Å². The standard InChI is InChI=1S/C6H11N2S/c1-2-9-6-7-4-3-5-8-6/h1-5H2,(H,7,8). The van der Waals surface area contributed by atoms with Crippen LogP contribution in [-0.2, 0) is 0 Å². The predicted molar refractivity (Wildman–Crippen MR) is 42.7 cm³/mol. The third kappa shape index (κ3) is 2.26. The Morgan fingerprint density at radius 3 is 3.22 bits per heavy atom. The minimum atomic E-state index is 0.867. The first-order valence-corrected chi connectivity index (χ1v) is 4.12. The first kappa shape index (κ1) is 6.93. The molecule has 0 fully saturated rings. The van der Waals surface area contributed by atoms with Crippen LogP contribution in [0.15, 0.2) is 4.99 Å². The number of nitrogens with one attached hydrogen (secondary N) is 1. The molecule has 0 saturated carbocycles. The van der Waals surface area contributed by atoms with Gasteiger partial charge < -0.3 is 5.32 Å². The molecule has 0 aromatic carbocycles. The Bertz CT molecular complexity index is 112. The van der Waals surface area contributed by atoms with Gasteiger partial charge in [0.2, 0.25) is 0 Å². The predicted octanol–water partition coefficient (Wildman–Crippen LogP) is 0.903. The Kier molecular flexibility index (Phi) is 2.91. The van der Waals surface area contributed by atoms with Crippen LogP contribution in [0.25, 0.3) is 0 Å². The summed E-state index contributed by atoms with van der Waals surface area (Å²) in [6, 6.07) is 0. The quantitative estimate of drug-likeness (QED) is 0.590. The van der Waals surface area contributed by atoms with Crippen molar-refractivity contribution < 1.29 is 0 Å². The molecule has 9 heavy (non-hydrogen) atoms. The highest BCUT2D eigenvalue weighted by Crippen LogP contribution is 2.03. The lowest BCUT2D eigenvalue weighted by Gasteiger charge is -2.12. The van der Waals surface area contributed by atoms with Crippen LogP contribution in [0.3, 0.4) is 0 Å². The van der Waals surface area contributed by atoms with Crippen LogP contribution in [0, 0.1) is 6.92 Å². The SMILES string of the molecule is [CH2]CSC1=NCCCN1. The van der Waals surface area contributed by atoms with Crippen molar-refractivity contribution in [1.82, 2.24) is 5.32 Å². The molecular formula is C6H11N2S. The van der Waals surface area contributed by atoms with Gasteiger partial charge in [-0.3, -0.25) is 4.99 Å². The van der Waals surface area contributed by atoms with E-state index in [1.807, 2.05) is 0 Å². The molecule has 1 rings (SSSR count). The molecule has 1 N–H and O–H groups in total. The van der Waals surface area contributed by atoms with Crippen molar-refractivity contribution in [3.63, 3.8) is 0 Å². The molecule has 51 valence electrons. The molecule has 0 saturated heterocycles. The lowest BCUT2D eigenvalue weighted by atomic mass is 10.4. The van der Waals surface area contributed by atoms with E-state index in [-0.39, 0.29) is 0 Å². The van der Waals surface area contributed by atoms with E-state index in [1.54, 1.807) is 11.8 Å². The summed E-state index contributed by atoms with van der Waals surface area (Å²) >= 11 is 1.68. The number of rotatable bonds is 1. The van der Waals surface area contributed by atoms with Crippen LogP contribution in [0.5, 0.6) is 0 Å². The highest BCUT2D eigenvalue weighted by atomic mass is 32.2. The van der Waals surface area contributed by atoms with Crippen molar-refractivity contribution >= 4 is 16.9 Å². The van der Waals surface area contributed by atoms with Crippen LogP contribution in [0.4, 0.5) is 0 Å². The topological polar surface area (TPSA) is 24.4 Å². The largest absolute Gasteiger partial charge is 0.365 e. The van der Waals surface area contributed by atoms with E-state index >= 15 is 0 Å². The first-order valence-electron chi connectivity index (χ1n) is 3.14. The van der Waals surface area contributed by atoms with Gasteiger partial charge in [-0.1, -0.05) is 11.8 Å². The number of amidine groups is 1. The fourth-order valence-corrected chi connectivity index (χ4v) is 1.28. The van der Waals surface area contributed by atoms with Gasteiger partial charge in [-0.15, -0.1) is 0 Å². The van der Waals surface area contributed by atoms with E-state index in [4.69, 9.17) is 0 Å². The average molecular weight is 143 g/mol. The van der Waals surface area contributed by atoms with E-state index in [9.17, 15) is 0 Å². The summed E-state index contributed by atoms with van der Waals surface area (Å²) < 4.78 is 0. The van der Waals surface area contributed by atoms with E-state index in [1.165, 1.54) is 6.42 Å². The highest BCUT2D eigenvalue weighted by molar-refractivity contribution is 8.13. The first-order chi connectivity index (χ1) is 4.43. The summed E-state index contributed by atoms with van der Waals surface area (Å²) in [5.74, 6) is 0.867. The Morgan fingerprint density at radius 2 is 2.67 bits per heavy atom. The Hall–Kier alpha value is -0.180. The van der Waals surface area contributed by atoms with Crippen LogP contribution in [-0.4, -0.2) is 24.0 Å². The Morgan fingerprint density at radius 1 is 1.78 bits per heavy atom. The maximum atomic E-state index is 4.25. The van der Waals surface area contributed by atoms with Gasteiger partial charge >= 0.3 is 0 Å². The monoisotopic (exact) mass is 143 g/mol. The number of hydrogen-bond donors (Lipinski definition) is 1. The number of thioether (sulfide) groups is 1. The molecule has 1 heterocycles. The minimum Gasteiger partial charge on any atom is -0.365 e. The van der Waals surface area contributed by atoms with E-state index < -0.39 is 0 Å². The van der Waals surface area contributed by atoms with Gasteiger partial charge in [-0.2, -0.15) is 0 Å². The molecule has 0 bridgehead atoms. The second kappa shape index (κ2) is 3.77. The van der Waals surface area contributed by atoms with Crippen molar-refractivity contribution in [1.29, 1.82) is 0 Å². The van der Waals surface area contributed by atoms with Gasteiger partial charge in [0.25, 0.3) is 0 Å². The van der Waals surface area contributed by atoms with Crippen molar-refractivity contribution in [2.45, 2.75) is 6.42 Å². The van der Waals surface area contributed by atoms with E-state index in [0.29, 0.717) is 0 Å². The smallest absolute Gasteiger partial charge is 0.156 e. The van der Waals surface area contributed by atoms with Gasteiger partial charge in [0.1, 0.15) is 0 Å². The third-order valence-corrected chi connectivity index (χ3v) is 1.86. The molecule has 1 aliphatic rings. The zero-order valence-corrected chi connectivity index (χ0v) is 6.21. The van der Waals surface area contributed by atoms with Crippen molar-refractivity contribution in [2.24, 2.45) is 4.99 Å². The zero-order valence-electron chi connectivity index (χ0n) is 5.39. The summed E-state index contributed by atoms with van der Waals surface area (Å²) in [5.41, 5.74) is 0. The Labute approximate surface area is 60.1 Å². The summed E-state index contributed by atoms with van der Waals surface area (Å²) in [6.45, 7) is 5.78. The molecular weight excluding hydrogens is 132 g/mol. The molecule has 0 aromatic heterocycles. The van der Waals surface area contributed by atoms with Gasteiger partial charge in [-0.05, 0) is 13.3 Å².